The summed E-state index contributed by atoms with van der Waals surface area (Å²) < 4.78 is 41.5. The third-order valence-corrected chi connectivity index (χ3v) is 5.02. The molecule has 0 spiro atoms. The molecule has 29 heavy (non-hydrogen) atoms. The minimum absolute atomic E-state index is 0.0549. The number of amides is 1. The molecule has 0 fully saturated rings. The molecule has 3 aromatic heterocycles. The van der Waals surface area contributed by atoms with E-state index in [1.165, 1.54) is 40.1 Å². The Morgan fingerprint density at radius 3 is 2.55 bits per heavy atom. The SMILES string of the molecule is Cc1nc(C(=O)Nc2c(C)nc3ccc(-c4ccccc4C(F)(F)F)nn23)cs1. The van der Waals surface area contributed by atoms with Crippen molar-refractivity contribution in [2.75, 3.05) is 5.32 Å². The number of fused-ring (bicyclic) bond motifs is 1. The van der Waals surface area contributed by atoms with Gasteiger partial charge in [0, 0.05) is 10.9 Å². The third kappa shape index (κ3) is 3.58. The maximum absolute atomic E-state index is 13.4. The molecule has 10 heteroatoms. The third-order valence-electron chi connectivity index (χ3n) is 4.24. The summed E-state index contributed by atoms with van der Waals surface area (Å²) in [5.74, 6) is -0.163. The number of nitrogens with zero attached hydrogens (tertiary/aromatic N) is 4. The predicted octanol–water partition coefficient (Wildman–Crippen LogP) is 4.74. The average molecular weight is 417 g/mol. The zero-order valence-electron chi connectivity index (χ0n) is 15.3. The van der Waals surface area contributed by atoms with Gasteiger partial charge in [0.05, 0.1) is 22.0 Å². The Morgan fingerprint density at radius 2 is 1.86 bits per heavy atom. The number of aryl methyl sites for hydroxylation is 2. The molecule has 1 N–H and O–H groups in total. The number of aromatic nitrogens is 4. The van der Waals surface area contributed by atoms with Crippen LogP contribution in [0.2, 0.25) is 0 Å². The van der Waals surface area contributed by atoms with E-state index in [9.17, 15) is 18.0 Å². The molecule has 1 aromatic carbocycles. The van der Waals surface area contributed by atoms with Gasteiger partial charge in [-0.1, -0.05) is 18.2 Å². The average Bonchev–Trinajstić information content (AvgIpc) is 3.24. The summed E-state index contributed by atoms with van der Waals surface area (Å²) in [6.07, 6.45) is -4.52. The second-order valence-electron chi connectivity index (χ2n) is 6.28. The van der Waals surface area contributed by atoms with Crippen molar-refractivity contribution < 1.29 is 18.0 Å². The van der Waals surface area contributed by atoms with Gasteiger partial charge in [0.15, 0.2) is 11.5 Å². The van der Waals surface area contributed by atoms with Gasteiger partial charge in [0.2, 0.25) is 0 Å². The molecule has 0 radical (unpaired) electrons. The molecule has 1 amide bonds. The van der Waals surface area contributed by atoms with E-state index in [4.69, 9.17) is 0 Å². The van der Waals surface area contributed by atoms with Crippen LogP contribution in [0.1, 0.15) is 26.8 Å². The Balaban J connectivity index is 1.79. The van der Waals surface area contributed by atoms with E-state index >= 15 is 0 Å². The first-order valence-corrected chi connectivity index (χ1v) is 9.38. The van der Waals surface area contributed by atoms with Gasteiger partial charge in [-0.25, -0.2) is 9.97 Å². The number of alkyl halides is 3. The lowest BCUT2D eigenvalue weighted by molar-refractivity contribution is -0.137. The molecule has 0 aliphatic heterocycles. The van der Waals surface area contributed by atoms with Gasteiger partial charge in [0.25, 0.3) is 5.91 Å². The van der Waals surface area contributed by atoms with Crippen molar-refractivity contribution in [2.45, 2.75) is 20.0 Å². The molecular weight excluding hydrogens is 403 g/mol. The van der Waals surface area contributed by atoms with Crippen LogP contribution in [-0.2, 0) is 6.18 Å². The van der Waals surface area contributed by atoms with Crippen LogP contribution in [0.25, 0.3) is 16.9 Å². The fourth-order valence-electron chi connectivity index (χ4n) is 2.92. The van der Waals surface area contributed by atoms with Crippen LogP contribution in [0.5, 0.6) is 0 Å². The number of nitrogens with one attached hydrogen (secondary N) is 1. The molecule has 0 saturated carbocycles. The monoisotopic (exact) mass is 417 g/mol. The summed E-state index contributed by atoms with van der Waals surface area (Å²) in [6.45, 7) is 3.47. The molecule has 4 aromatic rings. The molecule has 4 rings (SSSR count). The second-order valence-corrected chi connectivity index (χ2v) is 7.35. The number of carbonyl (C=O) groups excluding carboxylic acids is 1. The van der Waals surface area contributed by atoms with Crippen LogP contribution < -0.4 is 5.32 Å². The molecular formula is C19H14F3N5OS. The highest BCUT2D eigenvalue weighted by atomic mass is 32.1. The maximum atomic E-state index is 13.4. The molecule has 0 aliphatic carbocycles. The largest absolute Gasteiger partial charge is 0.417 e. The number of rotatable bonds is 3. The van der Waals surface area contributed by atoms with Gasteiger partial charge in [-0.05, 0) is 32.0 Å². The first-order chi connectivity index (χ1) is 13.7. The number of imidazole rings is 1. The first kappa shape index (κ1) is 19.1. The summed E-state index contributed by atoms with van der Waals surface area (Å²) >= 11 is 1.34. The van der Waals surface area contributed by atoms with Gasteiger partial charge in [-0.2, -0.15) is 22.8 Å². The van der Waals surface area contributed by atoms with Gasteiger partial charge in [0.1, 0.15) is 5.69 Å². The minimum Gasteiger partial charge on any atom is -0.304 e. The smallest absolute Gasteiger partial charge is 0.304 e. The Morgan fingerprint density at radius 1 is 1.10 bits per heavy atom. The Bertz CT molecular complexity index is 1230. The Hall–Kier alpha value is -3.27. The standard InChI is InChI=1S/C19H14F3N5OS/c1-10-17(25-18(28)15-9-29-11(2)24-15)27-16(23-10)8-7-14(26-27)12-5-3-4-6-13(12)19(20,21)22/h3-9H,1-2H3,(H,25,28). The predicted molar refractivity (Wildman–Crippen MR) is 103 cm³/mol. The summed E-state index contributed by atoms with van der Waals surface area (Å²) in [7, 11) is 0. The first-order valence-electron chi connectivity index (χ1n) is 8.50. The number of anilines is 1. The molecule has 0 atom stereocenters. The number of carbonyl (C=O) groups is 1. The Kier molecular flexibility index (Phi) is 4.58. The van der Waals surface area contributed by atoms with E-state index in [2.05, 4.69) is 20.4 Å². The van der Waals surface area contributed by atoms with Gasteiger partial charge >= 0.3 is 6.18 Å². The zero-order chi connectivity index (χ0) is 20.8. The highest BCUT2D eigenvalue weighted by Crippen LogP contribution is 2.36. The van der Waals surface area contributed by atoms with Gasteiger partial charge < -0.3 is 5.32 Å². The number of hydrogen-bond acceptors (Lipinski definition) is 5. The molecule has 6 nitrogen and oxygen atoms in total. The van der Waals surface area contributed by atoms with Crippen LogP contribution in [0.15, 0.2) is 41.8 Å². The minimum atomic E-state index is -4.52. The van der Waals surface area contributed by atoms with Crippen molar-refractivity contribution in [3.05, 3.63) is 63.7 Å². The fraction of sp³-hybridized carbons (Fsp3) is 0.158. The maximum Gasteiger partial charge on any atom is 0.417 e. The normalized spacial score (nSPS) is 11.8. The van der Waals surface area contributed by atoms with E-state index < -0.39 is 17.6 Å². The molecule has 0 bridgehead atoms. The molecule has 148 valence electrons. The van der Waals surface area contributed by atoms with Crippen LogP contribution in [0.4, 0.5) is 19.0 Å². The number of hydrogen-bond donors (Lipinski definition) is 1. The van der Waals surface area contributed by atoms with Crippen molar-refractivity contribution in [3.63, 3.8) is 0 Å². The fourth-order valence-corrected chi connectivity index (χ4v) is 3.52. The zero-order valence-corrected chi connectivity index (χ0v) is 16.1. The summed E-state index contributed by atoms with van der Waals surface area (Å²) in [6, 6.07) is 8.24. The lowest BCUT2D eigenvalue weighted by Gasteiger charge is -2.12. The lowest BCUT2D eigenvalue weighted by atomic mass is 10.0. The summed E-state index contributed by atoms with van der Waals surface area (Å²) in [5, 5.41) is 9.39. The topological polar surface area (TPSA) is 72.2 Å². The number of halogens is 3. The van der Waals surface area contributed by atoms with Gasteiger partial charge in [-0.3, -0.25) is 4.79 Å². The van der Waals surface area contributed by atoms with Gasteiger partial charge in [-0.15, -0.1) is 11.3 Å². The molecule has 3 heterocycles. The summed E-state index contributed by atoms with van der Waals surface area (Å²) in [4.78, 5) is 20.9. The van der Waals surface area contributed by atoms with Crippen molar-refractivity contribution in [1.29, 1.82) is 0 Å². The molecule has 0 unspecified atom stereocenters. The number of thiazole rings is 1. The van der Waals surface area contributed by atoms with Crippen LogP contribution in [-0.4, -0.2) is 25.5 Å². The van der Waals surface area contributed by atoms with Crippen molar-refractivity contribution in [2.24, 2.45) is 0 Å². The van der Waals surface area contributed by atoms with Crippen molar-refractivity contribution >= 4 is 28.7 Å². The van der Waals surface area contributed by atoms with E-state index in [-0.39, 0.29) is 22.8 Å². The highest BCUT2D eigenvalue weighted by molar-refractivity contribution is 7.09. The van der Waals surface area contributed by atoms with Crippen LogP contribution in [0.3, 0.4) is 0 Å². The van der Waals surface area contributed by atoms with Crippen LogP contribution in [0, 0.1) is 13.8 Å². The highest BCUT2D eigenvalue weighted by Gasteiger charge is 2.33. The number of benzene rings is 1. The van der Waals surface area contributed by atoms with E-state index in [0.717, 1.165) is 11.1 Å². The Labute approximate surface area is 167 Å². The lowest BCUT2D eigenvalue weighted by Crippen LogP contribution is -2.15. The molecule has 0 aliphatic rings. The molecule has 0 saturated heterocycles. The van der Waals surface area contributed by atoms with E-state index in [0.29, 0.717) is 11.3 Å². The quantitative estimate of drug-likeness (QED) is 0.523. The van der Waals surface area contributed by atoms with Crippen molar-refractivity contribution in [1.82, 2.24) is 19.6 Å². The summed E-state index contributed by atoms with van der Waals surface area (Å²) in [5.41, 5.74) is 0.413. The van der Waals surface area contributed by atoms with E-state index in [1.54, 1.807) is 25.3 Å². The van der Waals surface area contributed by atoms with Crippen molar-refractivity contribution in [3.8, 4) is 11.3 Å². The second kappa shape index (κ2) is 6.96. The van der Waals surface area contributed by atoms with Crippen LogP contribution >= 0.6 is 11.3 Å². The van der Waals surface area contributed by atoms with E-state index in [1.807, 2.05) is 0 Å².